The van der Waals surface area contributed by atoms with Crippen molar-refractivity contribution < 1.29 is 28.6 Å². The van der Waals surface area contributed by atoms with Gasteiger partial charge in [-0.2, -0.15) is 0 Å². The Kier molecular flexibility index (Phi) is 48.9. The number of hydrogen-bond donors (Lipinski definition) is 0. The molecule has 63 heavy (non-hydrogen) atoms. The molecule has 0 fully saturated rings. The van der Waals surface area contributed by atoms with E-state index in [0.717, 1.165) is 109 Å². The number of carbonyl (C=O) groups is 3. The molecule has 0 aromatic carbocycles. The number of unbranched alkanes of at least 4 members (excludes halogenated alkanes) is 24. The van der Waals surface area contributed by atoms with Gasteiger partial charge in [0.2, 0.25) is 0 Å². The average Bonchev–Trinajstić information content (AvgIpc) is 3.28. The number of esters is 3. The lowest BCUT2D eigenvalue weighted by atomic mass is 10.1. The van der Waals surface area contributed by atoms with E-state index in [1.54, 1.807) is 0 Å². The summed E-state index contributed by atoms with van der Waals surface area (Å²) in [5.41, 5.74) is 0. The Morgan fingerprint density at radius 3 is 0.984 bits per heavy atom. The number of carbonyl (C=O) groups excluding carboxylic acids is 3. The van der Waals surface area contributed by atoms with Gasteiger partial charge in [0.05, 0.1) is 0 Å². The van der Waals surface area contributed by atoms with Gasteiger partial charge in [0.15, 0.2) is 6.10 Å². The van der Waals surface area contributed by atoms with Crippen LogP contribution in [0.3, 0.4) is 0 Å². The van der Waals surface area contributed by atoms with Crippen molar-refractivity contribution >= 4 is 17.9 Å². The molecule has 0 radical (unpaired) electrons. The Labute approximate surface area is 389 Å². The Morgan fingerprint density at radius 1 is 0.333 bits per heavy atom. The lowest BCUT2D eigenvalue weighted by molar-refractivity contribution is -0.167. The normalized spacial score (nSPS) is 12.6. The average molecular weight is 879 g/mol. The zero-order valence-electron chi connectivity index (χ0n) is 41.3. The van der Waals surface area contributed by atoms with E-state index < -0.39 is 6.10 Å². The van der Waals surface area contributed by atoms with Crippen LogP contribution in [0.5, 0.6) is 0 Å². The third kappa shape index (κ3) is 49.7. The summed E-state index contributed by atoms with van der Waals surface area (Å²) in [5.74, 6) is -0.909. The summed E-state index contributed by atoms with van der Waals surface area (Å²) in [5, 5.41) is 0. The highest BCUT2D eigenvalue weighted by Gasteiger charge is 2.19. The molecule has 0 N–H and O–H groups in total. The molecule has 0 aromatic heterocycles. The Balaban J connectivity index is 4.22. The second-order valence-corrected chi connectivity index (χ2v) is 17.4. The van der Waals surface area contributed by atoms with Gasteiger partial charge in [-0.25, -0.2) is 0 Å². The molecule has 1 unspecified atom stereocenters. The maximum atomic E-state index is 12.7. The number of hydrogen-bond acceptors (Lipinski definition) is 6. The number of rotatable bonds is 47. The van der Waals surface area contributed by atoms with Gasteiger partial charge in [-0.05, 0) is 89.9 Å². The fourth-order valence-electron chi connectivity index (χ4n) is 7.23. The smallest absolute Gasteiger partial charge is 0.306 e. The zero-order chi connectivity index (χ0) is 45.8. The molecule has 0 bridgehead atoms. The molecular formula is C57H98O6. The first kappa shape index (κ1) is 59.9. The van der Waals surface area contributed by atoms with Crippen LogP contribution in [0.15, 0.2) is 72.9 Å². The number of ether oxygens (including phenoxy) is 3. The van der Waals surface area contributed by atoms with E-state index >= 15 is 0 Å². The largest absolute Gasteiger partial charge is 0.462 e. The number of allylic oxidation sites excluding steroid dienone is 12. The van der Waals surface area contributed by atoms with Gasteiger partial charge in [0.1, 0.15) is 13.2 Å². The van der Waals surface area contributed by atoms with Gasteiger partial charge in [-0.15, -0.1) is 0 Å². The topological polar surface area (TPSA) is 78.9 Å². The molecule has 0 aliphatic rings. The first-order valence-electron chi connectivity index (χ1n) is 26.4. The third-order valence-corrected chi connectivity index (χ3v) is 11.2. The molecule has 6 nitrogen and oxygen atoms in total. The molecule has 0 aliphatic carbocycles. The van der Waals surface area contributed by atoms with Gasteiger partial charge in [-0.1, -0.05) is 216 Å². The van der Waals surface area contributed by atoms with Crippen LogP contribution in [0.25, 0.3) is 0 Å². The molecule has 1 atom stereocenters. The van der Waals surface area contributed by atoms with E-state index in [9.17, 15) is 14.4 Å². The second-order valence-electron chi connectivity index (χ2n) is 17.4. The fourth-order valence-corrected chi connectivity index (χ4v) is 7.23. The van der Waals surface area contributed by atoms with Crippen LogP contribution in [0, 0.1) is 0 Å². The quantitative estimate of drug-likeness (QED) is 0.0262. The highest BCUT2D eigenvalue weighted by atomic mass is 16.6. The lowest BCUT2D eigenvalue weighted by Crippen LogP contribution is -2.30. The zero-order valence-corrected chi connectivity index (χ0v) is 41.3. The minimum atomic E-state index is -0.780. The first-order chi connectivity index (χ1) is 31.0. The van der Waals surface area contributed by atoms with Crippen molar-refractivity contribution in [2.75, 3.05) is 13.2 Å². The molecule has 0 amide bonds. The van der Waals surface area contributed by atoms with Crippen LogP contribution >= 0.6 is 0 Å². The summed E-state index contributed by atoms with van der Waals surface area (Å²) in [4.78, 5) is 37.8. The Hall–Kier alpha value is -3.15. The molecule has 0 aromatic rings. The molecule has 0 rings (SSSR count). The van der Waals surface area contributed by atoms with E-state index in [-0.39, 0.29) is 31.1 Å². The van der Waals surface area contributed by atoms with Gasteiger partial charge in [0.25, 0.3) is 0 Å². The van der Waals surface area contributed by atoms with Crippen LogP contribution in [0.4, 0.5) is 0 Å². The first-order valence-corrected chi connectivity index (χ1v) is 26.4. The summed E-state index contributed by atoms with van der Waals surface area (Å²) >= 11 is 0. The second kappa shape index (κ2) is 51.5. The molecule has 0 spiro atoms. The van der Waals surface area contributed by atoms with Gasteiger partial charge < -0.3 is 14.2 Å². The fraction of sp³-hybridized carbons (Fsp3) is 0.737. The molecule has 6 heteroatoms. The lowest BCUT2D eigenvalue weighted by Gasteiger charge is -2.18. The van der Waals surface area contributed by atoms with Crippen molar-refractivity contribution in [3.63, 3.8) is 0 Å². The van der Waals surface area contributed by atoms with Crippen molar-refractivity contribution in [3.8, 4) is 0 Å². The highest BCUT2D eigenvalue weighted by molar-refractivity contribution is 5.71. The van der Waals surface area contributed by atoms with Crippen molar-refractivity contribution in [1.82, 2.24) is 0 Å². The van der Waals surface area contributed by atoms with E-state index in [4.69, 9.17) is 14.2 Å². The van der Waals surface area contributed by atoms with Crippen LogP contribution < -0.4 is 0 Å². The third-order valence-electron chi connectivity index (χ3n) is 11.2. The van der Waals surface area contributed by atoms with E-state index in [1.807, 2.05) is 0 Å². The summed E-state index contributed by atoms with van der Waals surface area (Å²) in [6.07, 6.45) is 64.8. The Morgan fingerprint density at radius 2 is 0.619 bits per heavy atom. The maximum absolute atomic E-state index is 12.7. The van der Waals surface area contributed by atoms with Crippen LogP contribution in [0.2, 0.25) is 0 Å². The van der Waals surface area contributed by atoms with Crippen molar-refractivity contribution in [2.24, 2.45) is 0 Å². The predicted octanol–water partition coefficient (Wildman–Crippen LogP) is 17.4. The summed E-state index contributed by atoms with van der Waals surface area (Å²) in [7, 11) is 0. The van der Waals surface area contributed by atoms with Gasteiger partial charge in [-0.3, -0.25) is 14.4 Å². The monoisotopic (exact) mass is 879 g/mol. The van der Waals surface area contributed by atoms with Crippen LogP contribution in [0.1, 0.15) is 252 Å². The van der Waals surface area contributed by atoms with Gasteiger partial charge >= 0.3 is 17.9 Å². The van der Waals surface area contributed by atoms with E-state index in [2.05, 4.69) is 93.7 Å². The van der Waals surface area contributed by atoms with Gasteiger partial charge in [0, 0.05) is 19.3 Å². The maximum Gasteiger partial charge on any atom is 0.306 e. The molecular weight excluding hydrogens is 781 g/mol. The van der Waals surface area contributed by atoms with Crippen molar-refractivity contribution in [3.05, 3.63) is 72.9 Å². The summed E-state index contributed by atoms with van der Waals surface area (Å²) in [6.45, 7) is 6.45. The Bertz CT molecular complexity index is 1190. The molecule has 0 heterocycles. The SMILES string of the molecule is CC/C=C\C/C=C\C/C=C\C/C=C\C/C=C\CCCCCCCCCC(=O)OCC(COC(=O)CCCCCCCC)OC(=O)CCCCCCC/C=C\CCCCCCCCC. The molecule has 0 saturated heterocycles. The van der Waals surface area contributed by atoms with Crippen molar-refractivity contribution in [1.29, 1.82) is 0 Å². The van der Waals surface area contributed by atoms with E-state index in [0.29, 0.717) is 19.3 Å². The van der Waals surface area contributed by atoms with E-state index in [1.165, 1.54) is 103 Å². The molecule has 0 saturated carbocycles. The standard InChI is InChI=1S/C57H98O6/c1-4-7-10-13-16-18-20-22-24-26-27-28-29-30-31-32-34-35-37-39-41-44-47-50-56(59)62-53-54(52-61-55(58)49-46-43-15-12-9-6-3)63-57(60)51-48-45-42-40-38-36-33-25-23-21-19-17-14-11-8-5-2/h7,10,16,18,22,24-25,27-28,30-31,33,54H,4-6,8-9,11-15,17,19-21,23,26,29,32,34-53H2,1-3H3/b10-7-,18-16-,24-22-,28-27-,31-30-,33-25-. The molecule has 362 valence electrons. The summed E-state index contributed by atoms with van der Waals surface area (Å²) in [6, 6.07) is 0. The highest BCUT2D eigenvalue weighted by Crippen LogP contribution is 2.14. The minimum Gasteiger partial charge on any atom is -0.462 e. The molecule has 0 aliphatic heterocycles. The van der Waals surface area contributed by atoms with Crippen molar-refractivity contribution in [2.45, 2.75) is 258 Å². The van der Waals surface area contributed by atoms with Crippen LogP contribution in [-0.2, 0) is 28.6 Å². The van der Waals surface area contributed by atoms with Crippen LogP contribution in [-0.4, -0.2) is 37.2 Å². The minimum absolute atomic E-state index is 0.0821. The predicted molar refractivity (Wildman–Crippen MR) is 270 cm³/mol. The summed E-state index contributed by atoms with van der Waals surface area (Å²) < 4.78 is 16.7.